The molecule has 0 radical (unpaired) electrons. The van der Waals surface area contributed by atoms with E-state index in [-0.39, 0.29) is 11.9 Å². The fourth-order valence-electron chi connectivity index (χ4n) is 2.31. The fourth-order valence-corrected chi connectivity index (χ4v) is 2.31. The number of imide groups is 1. The molecule has 0 aliphatic heterocycles. The van der Waals surface area contributed by atoms with E-state index >= 15 is 0 Å². The average Bonchev–Trinajstić information content (AvgIpc) is 2.53. The van der Waals surface area contributed by atoms with Crippen LogP contribution in [0.25, 0.3) is 10.8 Å². The van der Waals surface area contributed by atoms with Gasteiger partial charge in [-0.15, -0.1) is 0 Å². The van der Waals surface area contributed by atoms with Gasteiger partial charge in [-0.25, -0.2) is 4.79 Å². The van der Waals surface area contributed by atoms with Crippen molar-refractivity contribution < 1.29 is 9.59 Å². The Morgan fingerprint density at radius 3 is 2.36 bits per heavy atom. The van der Waals surface area contributed by atoms with Crippen LogP contribution in [0.4, 0.5) is 4.79 Å². The minimum absolute atomic E-state index is 0.00459. The van der Waals surface area contributed by atoms with E-state index < -0.39 is 12.1 Å². The lowest BCUT2D eigenvalue weighted by Crippen LogP contribution is -2.47. The van der Waals surface area contributed by atoms with E-state index in [1.807, 2.05) is 25.1 Å². The first-order valence-electron chi connectivity index (χ1n) is 7.28. The normalized spacial score (nSPS) is 13.4. The highest BCUT2D eigenvalue weighted by molar-refractivity contribution is 5.96. The predicted octanol–water partition coefficient (Wildman–Crippen LogP) is 2.33. The lowest BCUT2D eigenvalue weighted by atomic mass is 10.0. The summed E-state index contributed by atoms with van der Waals surface area (Å²) in [6.07, 6.45) is 0. The van der Waals surface area contributed by atoms with Gasteiger partial charge in [0.2, 0.25) is 5.91 Å². The largest absolute Gasteiger partial charge is 0.341 e. The average molecular weight is 299 g/mol. The van der Waals surface area contributed by atoms with Gasteiger partial charge in [0.1, 0.15) is 0 Å². The second kappa shape index (κ2) is 7.04. The third-order valence-electron chi connectivity index (χ3n) is 3.63. The number of rotatable bonds is 4. The van der Waals surface area contributed by atoms with Gasteiger partial charge in [-0.1, -0.05) is 36.4 Å². The van der Waals surface area contributed by atoms with Crippen LogP contribution in [0.5, 0.6) is 0 Å². The molecule has 2 rings (SSSR count). The summed E-state index contributed by atoms with van der Waals surface area (Å²) in [6, 6.07) is 13.4. The quantitative estimate of drug-likeness (QED) is 0.811. The van der Waals surface area contributed by atoms with Crippen molar-refractivity contribution in [3.05, 3.63) is 48.0 Å². The molecule has 3 amide bonds. The number of nitrogens with one attached hydrogen (secondary N) is 3. The Labute approximate surface area is 130 Å². The number of hydrogen-bond acceptors (Lipinski definition) is 3. The molecule has 0 aromatic heterocycles. The van der Waals surface area contributed by atoms with Gasteiger partial charge in [0.05, 0.1) is 6.04 Å². The summed E-state index contributed by atoms with van der Waals surface area (Å²) in [4.78, 5) is 23.0. The number of carbonyl (C=O) groups excluding carboxylic acids is 2. The van der Waals surface area contributed by atoms with Gasteiger partial charge in [-0.3, -0.25) is 15.4 Å². The Morgan fingerprint density at radius 1 is 1.00 bits per heavy atom. The second-order valence-corrected chi connectivity index (χ2v) is 5.29. The number of fused-ring (bicyclic) bond motifs is 1. The number of amides is 3. The van der Waals surface area contributed by atoms with E-state index in [2.05, 4.69) is 40.2 Å². The number of urea groups is 1. The molecule has 116 valence electrons. The van der Waals surface area contributed by atoms with E-state index in [1.54, 1.807) is 6.92 Å². The van der Waals surface area contributed by atoms with E-state index in [0.29, 0.717) is 0 Å². The Balaban J connectivity index is 2.05. The molecule has 3 N–H and O–H groups in total. The number of benzene rings is 2. The topological polar surface area (TPSA) is 70.2 Å². The standard InChI is InChI=1S/C17H21N3O2/c1-11(19-12(2)16(21)20-17(22)18-3)14-9-8-13-6-4-5-7-15(13)10-14/h4-12,19H,1-3H3,(H2,18,20,21,22). The zero-order valence-electron chi connectivity index (χ0n) is 13.0. The Bertz CT molecular complexity index is 684. The van der Waals surface area contributed by atoms with Crippen LogP contribution in [0.1, 0.15) is 25.5 Å². The molecule has 2 atom stereocenters. The molecule has 0 aliphatic carbocycles. The van der Waals surface area contributed by atoms with Crippen molar-refractivity contribution in [3.8, 4) is 0 Å². The Morgan fingerprint density at radius 2 is 1.68 bits per heavy atom. The number of hydrogen-bond donors (Lipinski definition) is 3. The second-order valence-electron chi connectivity index (χ2n) is 5.29. The molecule has 0 bridgehead atoms. The van der Waals surface area contributed by atoms with Crippen molar-refractivity contribution >= 4 is 22.7 Å². The third-order valence-corrected chi connectivity index (χ3v) is 3.63. The van der Waals surface area contributed by atoms with Crippen molar-refractivity contribution in [3.63, 3.8) is 0 Å². The first kappa shape index (κ1) is 16.0. The number of carbonyl (C=O) groups is 2. The highest BCUT2D eigenvalue weighted by Gasteiger charge is 2.18. The van der Waals surface area contributed by atoms with Crippen molar-refractivity contribution in [2.45, 2.75) is 25.9 Å². The minimum Gasteiger partial charge on any atom is -0.341 e. The summed E-state index contributed by atoms with van der Waals surface area (Å²) < 4.78 is 0. The van der Waals surface area contributed by atoms with E-state index in [1.165, 1.54) is 12.4 Å². The van der Waals surface area contributed by atoms with Crippen LogP contribution >= 0.6 is 0 Å². The smallest absolute Gasteiger partial charge is 0.321 e. The van der Waals surface area contributed by atoms with Gasteiger partial charge < -0.3 is 5.32 Å². The highest BCUT2D eigenvalue weighted by atomic mass is 16.2. The lowest BCUT2D eigenvalue weighted by Gasteiger charge is -2.20. The molecule has 0 saturated heterocycles. The van der Waals surface area contributed by atoms with E-state index in [0.717, 1.165) is 10.9 Å². The van der Waals surface area contributed by atoms with Gasteiger partial charge in [-0.2, -0.15) is 0 Å². The maximum atomic E-state index is 11.9. The first-order valence-corrected chi connectivity index (χ1v) is 7.28. The molecular weight excluding hydrogens is 278 g/mol. The zero-order chi connectivity index (χ0) is 16.1. The molecule has 2 aromatic carbocycles. The molecule has 2 unspecified atom stereocenters. The monoisotopic (exact) mass is 299 g/mol. The molecular formula is C17H21N3O2. The zero-order valence-corrected chi connectivity index (χ0v) is 13.0. The van der Waals surface area contributed by atoms with Gasteiger partial charge in [0.15, 0.2) is 0 Å². The summed E-state index contributed by atoms with van der Waals surface area (Å²) in [5, 5.41) is 10.2. The van der Waals surface area contributed by atoms with Gasteiger partial charge in [0.25, 0.3) is 0 Å². The molecule has 0 heterocycles. The molecule has 0 spiro atoms. The molecule has 5 heteroatoms. The van der Waals surface area contributed by atoms with Crippen LogP contribution in [0.2, 0.25) is 0 Å². The maximum absolute atomic E-state index is 11.9. The van der Waals surface area contributed by atoms with Crippen LogP contribution in [0.15, 0.2) is 42.5 Å². The minimum atomic E-state index is -0.503. The Hall–Kier alpha value is -2.40. The van der Waals surface area contributed by atoms with Gasteiger partial charge >= 0.3 is 6.03 Å². The Kier molecular flexibility index (Phi) is 5.12. The SMILES string of the molecule is CNC(=O)NC(=O)C(C)NC(C)c1ccc2ccccc2c1. The van der Waals surface area contributed by atoms with Crippen LogP contribution in [0, 0.1) is 0 Å². The molecule has 0 aliphatic rings. The van der Waals surface area contributed by atoms with Gasteiger partial charge in [0, 0.05) is 13.1 Å². The lowest BCUT2D eigenvalue weighted by molar-refractivity contribution is -0.121. The third kappa shape index (κ3) is 3.83. The van der Waals surface area contributed by atoms with Crippen molar-refractivity contribution in [2.75, 3.05) is 7.05 Å². The molecule has 0 fully saturated rings. The summed E-state index contributed by atoms with van der Waals surface area (Å²) in [5.74, 6) is -0.355. The van der Waals surface area contributed by atoms with Gasteiger partial charge in [-0.05, 0) is 36.2 Å². The molecule has 2 aromatic rings. The predicted molar refractivity (Wildman–Crippen MR) is 87.6 cm³/mol. The highest BCUT2D eigenvalue weighted by Crippen LogP contribution is 2.20. The van der Waals surface area contributed by atoms with Crippen molar-refractivity contribution in [2.24, 2.45) is 0 Å². The summed E-state index contributed by atoms with van der Waals surface area (Å²) >= 11 is 0. The van der Waals surface area contributed by atoms with Crippen LogP contribution < -0.4 is 16.0 Å². The summed E-state index contributed by atoms with van der Waals surface area (Å²) in [6.45, 7) is 3.73. The summed E-state index contributed by atoms with van der Waals surface area (Å²) in [5.41, 5.74) is 1.10. The van der Waals surface area contributed by atoms with E-state index in [4.69, 9.17) is 0 Å². The van der Waals surface area contributed by atoms with E-state index in [9.17, 15) is 9.59 Å². The van der Waals surface area contributed by atoms with Crippen molar-refractivity contribution in [1.82, 2.24) is 16.0 Å². The van der Waals surface area contributed by atoms with Crippen LogP contribution in [-0.2, 0) is 4.79 Å². The molecule has 22 heavy (non-hydrogen) atoms. The molecule has 0 saturated carbocycles. The summed E-state index contributed by atoms with van der Waals surface area (Å²) in [7, 11) is 1.47. The van der Waals surface area contributed by atoms with Crippen LogP contribution in [-0.4, -0.2) is 25.0 Å². The maximum Gasteiger partial charge on any atom is 0.321 e. The van der Waals surface area contributed by atoms with Crippen molar-refractivity contribution in [1.29, 1.82) is 0 Å². The first-order chi connectivity index (χ1) is 10.5. The van der Waals surface area contributed by atoms with Crippen LogP contribution in [0.3, 0.4) is 0 Å². The fraction of sp³-hybridized carbons (Fsp3) is 0.294. The molecule has 5 nitrogen and oxygen atoms in total.